The second-order valence-electron chi connectivity index (χ2n) is 17.4. The number of carboxylic acid groups (broad SMARTS) is 1. The Morgan fingerprint density at radius 2 is 1.82 bits per heavy atom. The maximum atomic E-state index is 13.1. The lowest BCUT2D eigenvalue weighted by molar-refractivity contribution is -0.179. The van der Waals surface area contributed by atoms with E-state index in [9.17, 15) is 9.90 Å². The van der Waals surface area contributed by atoms with Crippen LogP contribution in [0.4, 0.5) is 0 Å². The molecule has 0 aliphatic heterocycles. The molecule has 3 saturated carbocycles. The molecule has 2 aromatic heterocycles. The Morgan fingerprint density at radius 1 is 1.02 bits per heavy atom. The minimum atomic E-state index is -0.591. The first kappa shape index (κ1) is 29.5. The first-order valence-electron chi connectivity index (χ1n) is 17.7. The van der Waals surface area contributed by atoms with Gasteiger partial charge in [0.15, 0.2) is 0 Å². The van der Waals surface area contributed by atoms with Gasteiger partial charge in [0.05, 0.1) is 23.3 Å². The zero-order chi connectivity index (χ0) is 31.7. The average molecular weight is 609 g/mol. The van der Waals surface area contributed by atoms with Crippen LogP contribution in [-0.4, -0.2) is 31.1 Å². The van der Waals surface area contributed by atoms with Crippen LogP contribution in [-0.2, 0) is 23.2 Å². The van der Waals surface area contributed by atoms with Crippen molar-refractivity contribution in [2.24, 2.45) is 51.2 Å². The molecule has 2 N–H and O–H groups in total. The van der Waals surface area contributed by atoms with Crippen molar-refractivity contribution in [1.82, 2.24) is 20.0 Å². The van der Waals surface area contributed by atoms with E-state index in [0.29, 0.717) is 23.7 Å². The predicted molar refractivity (Wildman–Crippen MR) is 178 cm³/mol. The van der Waals surface area contributed by atoms with E-state index in [1.165, 1.54) is 46.3 Å². The fourth-order valence-corrected chi connectivity index (χ4v) is 12.9. The summed E-state index contributed by atoms with van der Waals surface area (Å²) in [7, 11) is 0. The number of carboxylic acids is 1. The molecule has 3 aromatic rings. The molecule has 0 bridgehead atoms. The Balaban J connectivity index is 1.19. The zero-order valence-electron chi connectivity index (χ0n) is 28.4. The fourth-order valence-electron chi connectivity index (χ4n) is 12.9. The Labute approximate surface area is 268 Å². The van der Waals surface area contributed by atoms with Gasteiger partial charge in [0, 0.05) is 22.5 Å². The highest BCUT2D eigenvalue weighted by Crippen LogP contribution is 2.75. The van der Waals surface area contributed by atoms with Crippen molar-refractivity contribution in [2.75, 3.05) is 0 Å². The van der Waals surface area contributed by atoms with Crippen LogP contribution >= 0.6 is 0 Å². The molecule has 3 fully saturated rings. The van der Waals surface area contributed by atoms with Gasteiger partial charge in [0.1, 0.15) is 0 Å². The standard InChI is InChI=1S/C39H52N4O2/c1-23-13-17-39(34(44)45)19-18-37(6)27(32(39)24(23)2)11-12-31-36(5)21-29-33(35(3,4)30(36)14-16-38(31,37)7)43(42-41-29)22-25-9-8-10-28-26(25)15-20-40-28/h8-11,15,20,23-24,30-32,40H,12-14,16-19,21-22H2,1-7H3,(H,44,45)/t23-,24+,30+,31-,32+,36+,37-,38-,39+/m1/s1. The van der Waals surface area contributed by atoms with E-state index in [1.807, 2.05) is 6.20 Å². The monoisotopic (exact) mass is 608 g/mol. The summed E-state index contributed by atoms with van der Waals surface area (Å²) in [6.45, 7) is 18.1. The summed E-state index contributed by atoms with van der Waals surface area (Å²) in [4.78, 5) is 16.4. The molecule has 0 unspecified atom stereocenters. The largest absolute Gasteiger partial charge is 0.481 e. The van der Waals surface area contributed by atoms with Crippen molar-refractivity contribution in [3.63, 3.8) is 0 Å². The molecular weight excluding hydrogens is 556 g/mol. The third-order valence-corrected chi connectivity index (χ3v) is 15.5. The van der Waals surface area contributed by atoms with Gasteiger partial charge in [-0.1, -0.05) is 77.5 Å². The lowest BCUT2D eigenvalue weighted by atomic mass is 9.33. The number of carbonyl (C=O) groups is 1. The maximum absolute atomic E-state index is 13.1. The highest BCUT2D eigenvalue weighted by molar-refractivity contribution is 5.82. The van der Waals surface area contributed by atoms with E-state index in [0.717, 1.165) is 45.1 Å². The number of nitrogens with zero attached hydrogens (tertiary/aromatic N) is 3. The number of aromatic amines is 1. The number of allylic oxidation sites excluding steroid dienone is 2. The lowest BCUT2D eigenvalue weighted by Gasteiger charge is -2.70. The van der Waals surface area contributed by atoms with Gasteiger partial charge < -0.3 is 10.1 Å². The zero-order valence-corrected chi connectivity index (χ0v) is 28.4. The minimum absolute atomic E-state index is 0.0239. The fraction of sp³-hybridized carbons (Fsp3) is 0.667. The van der Waals surface area contributed by atoms with E-state index < -0.39 is 11.4 Å². The Bertz CT molecular complexity index is 1730. The summed E-state index contributed by atoms with van der Waals surface area (Å²) in [5.74, 6) is 1.63. The molecule has 6 nitrogen and oxygen atoms in total. The second-order valence-corrected chi connectivity index (χ2v) is 17.4. The highest BCUT2D eigenvalue weighted by atomic mass is 16.4. The molecule has 45 heavy (non-hydrogen) atoms. The van der Waals surface area contributed by atoms with Crippen molar-refractivity contribution < 1.29 is 9.90 Å². The second kappa shape index (κ2) is 9.35. The van der Waals surface area contributed by atoms with E-state index in [1.54, 1.807) is 0 Å². The number of nitrogens with one attached hydrogen (secondary N) is 1. The molecule has 240 valence electrons. The lowest BCUT2D eigenvalue weighted by Crippen LogP contribution is -2.65. The topological polar surface area (TPSA) is 83.8 Å². The molecule has 8 rings (SSSR count). The van der Waals surface area contributed by atoms with Crippen molar-refractivity contribution in [2.45, 2.75) is 112 Å². The van der Waals surface area contributed by atoms with Crippen LogP contribution in [0, 0.1) is 51.2 Å². The number of aliphatic carboxylic acids is 1. The molecule has 0 saturated heterocycles. The van der Waals surface area contributed by atoms with Crippen LogP contribution in [0.1, 0.15) is 110 Å². The van der Waals surface area contributed by atoms with Crippen molar-refractivity contribution >= 4 is 16.9 Å². The molecule has 0 amide bonds. The quantitative estimate of drug-likeness (QED) is 0.292. The third-order valence-electron chi connectivity index (χ3n) is 15.5. The normalized spacial score (nSPS) is 41.7. The predicted octanol–water partition coefficient (Wildman–Crippen LogP) is 8.56. The highest BCUT2D eigenvalue weighted by Gasteiger charge is 2.69. The van der Waals surface area contributed by atoms with E-state index in [2.05, 4.69) is 88.5 Å². The number of fused-ring (bicyclic) bond motifs is 9. The molecule has 0 radical (unpaired) electrons. The van der Waals surface area contributed by atoms with Gasteiger partial charge in [-0.25, -0.2) is 4.68 Å². The van der Waals surface area contributed by atoms with Gasteiger partial charge >= 0.3 is 5.97 Å². The summed E-state index contributed by atoms with van der Waals surface area (Å²) in [5.41, 5.74) is 6.08. The summed E-state index contributed by atoms with van der Waals surface area (Å²) in [6, 6.07) is 8.66. The third kappa shape index (κ3) is 3.60. The molecule has 2 heterocycles. The van der Waals surface area contributed by atoms with Crippen LogP contribution in [0.5, 0.6) is 0 Å². The van der Waals surface area contributed by atoms with Crippen LogP contribution in [0.2, 0.25) is 0 Å². The minimum Gasteiger partial charge on any atom is -0.481 e. The number of rotatable bonds is 3. The Hall–Kier alpha value is -2.89. The first-order valence-corrected chi connectivity index (χ1v) is 17.7. The van der Waals surface area contributed by atoms with E-state index in [-0.39, 0.29) is 27.6 Å². The van der Waals surface area contributed by atoms with Gasteiger partial charge in [-0.3, -0.25) is 4.79 Å². The molecule has 6 heteroatoms. The summed E-state index contributed by atoms with van der Waals surface area (Å²) in [6.07, 6.45) is 12.7. The first-order chi connectivity index (χ1) is 21.3. The van der Waals surface area contributed by atoms with Crippen molar-refractivity contribution in [1.29, 1.82) is 0 Å². The Morgan fingerprint density at radius 3 is 2.60 bits per heavy atom. The number of H-pyrrole nitrogens is 1. The molecule has 5 aliphatic carbocycles. The van der Waals surface area contributed by atoms with E-state index >= 15 is 0 Å². The van der Waals surface area contributed by atoms with Crippen molar-refractivity contribution in [3.05, 3.63) is 59.1 Å². The molecule has 1 aromatic carbocycles. The SMILES string of the molecule is C[C@H]1[C@H](C)CC[C@]2(C(=O)O)CC[C@]3(C)C(=CC[C@@H]4[C@@]5(C)Cc6nnn(Cc7cccc8[nH]ccc78)c6C(C)(C)[C@@H]5CC[C@]43C)[C@H]12. The number of aromatic nitrogens is 4. The number of hydrogen-bond donors (Lipinski definition) is 2. The summed E-state index contributed by atoms with van der Waals surface area (Å²) in [5, 5.41) is 21.8. The van der Waals surface area contributed by atoms with Crippen LogP contribution in [0.3, 0.4) is 0 Å². The van der Waals surface area contributed by atoms with Gasteiger partial charge in [0.2, 0.25) is 0 Å². The van der Waals surface area contributed by atoms with Gasteiger partial charge in [0.25, 0.3) is 0 Å². The number of hydrogen-bond acceptors (Lipinski definition) is 3. The maximum Gasteiger partial charge on any atom is 0.310 e. The molecule has 5 aliphatic rings. The Kier molecular flexibility index (Phi) is 6.13. The van der Waals surface area contributed by atoms with Crippen LogP contribution in [0.15, 0.2) is 42.1 Å². The summed E-state index contributed by atoms with van der Waals surface area (Å²) < 4.78 is 2.21. The van der Waals surface area contributed by atoms with Crippen LogP contribution in [0.25, 0.3) is 10.9 Å². The van der Waals surface area contributed by atoms with Crippen LogP contribution < -0.4 is 0 Å². The number of benzene rings is 1. The molecular formula is C39H52N4O2. The molecule has 0 spiro atoms. The smallest absolute Gasteiger partial charge is 0.310 e. The van der Waals surface area contributed by atoms with Gasteiger partial charge in [-0.15, -0.1) is 5.10 Å². The molecule has 9 atom stereocenters. The van der Waals surface area contributed by atoms with Gasteiger partial charge in [-0.2, -0.15) is 0 Å². The van der Waals surface area contributed by atoms with E-state index in [4.69, 9.17) is 10.3 Å². The summed E-state index contributed by atoms with van der Waals surface area (Å²) >= 11 is 0. The average Bonchev–Trinajstić information content (AvgIpc) is 3.63. The van der Waals surface area contributed by atoms with Crippen molar-refractivity contribution in [3.8, 4) is 0 Å². The van der Waals surface area contributed by atoms with Gasteiger partial charge in [-0.05, 0) is 115 Å².